The number of nitrogens with one attached hydrogen (secondary N) is 1. The first-order valence-corrected chi connectivity index (χ1v) is 8.95. The molecule has 0 atom stereocenters. The second-order valence-electron chi connectivity index (χ2n) is 6.24. The highest BCUT2D eigenvalue weighted by atomic mass is 16.5. The molecule has 0 aliphatic heterocycles. The smallest absolute Gasteiger partial charge is 0.322 e. The van der Waals surface area contributed by atoms with Gasteiger partial charge in [-0.25, -0.2) is 0 Å². The fourth-order valence-corrected chi connectivity index (χ4v) is 2.63. The number of carbonyl (C=O) groups excluding carboxylic acids is 1. The van der Waals surface area contributed by atoms with E-state index in [1.54, 1.807) is 29.9 Å². The molecule has 1 N–H and O–H groups in total. The van der Waals surface area contributed by atoms with Crippen molar-refractivity contribution in [2.75, 3.05) is 11.9 Å². The Balaban J connectivity index is 1.65. The summed E-state index contributed by atoms with van der Waals surface area (Å²) in [5.41, 5.74) is 1.98. The van der Waals surface area contributed by atoms with Crippen LogP contribution in [0.25, 0.3) is 11.6 Å². The van der Waals surface area contributed by atoms with Crippen LogP contribution in [0, 0.1) is 6.92 Å². The van der Waals surface area contributed by atoms with E-state index in [9.17, 15) is 4.79 Å². The number of aromatic nitrogens is 4. The van der Waals surface area contributed by atoms with Crippen LogP contribution in [-0.2, 0) is 7.05 Å². The monoisotopic (exact) mass is 369 g/mol. The van der Waals surface area contributed by atoms with Gasteiger partial charge in [-0.15, -0.1) is 5.10 Å². The summed E-state index contributed by atoms with van der Waals surface area (Å²) in [6.07, 6.45) is 3.25. The van der Waals surface area contributed by atoms with Gasteiger partial charge >= 0.3 is 6.01 Å². The number of benzene rings is 1. The normalized spacial score (nSPS) is 10.8. The molecule has 0 radical (unpaired) electrons. The van der Waals surface area contributed by atoms with Gasteiger partial charge in [-0.1, -0.05) is 30.9 Å². The Hall–Kier alpha value is -3.16. The molecule has 142 valence electrons. The molecule has 0 aliphatic carbocycles. The van der Waals surface area contributed by atoms with Gasteiger partial charge in [0, 0.05) is 12.6 Å². The van der Waals surface area contributed by atoms with Crippen LogP contribution in [0.4, 0.5) is 6.01 Å². The summed E-state index contributed by atoms with van der Waals surface area (Å²) in [6.45, 7) is 4.65. The number of unbranched alkanes of at least 4 members (excludes halogenated alkanes) is 2. The van der Waals surface area contributed by atoms with Crippen molar-refractivity contribution in [2.45, 2.75) is 33.1 Å². The van der Waals surface area contributed by atoms with E-state index in [0.29, 0.717) is 29.5 Å². The third kappa shape index (κ3) is 4.72. The number of aryl methyl sites for hydroxylation is 2. The molecule has 0 aliphatic rings. The third-order valence-corrected chi connectivity index (χ3v) is 3.98. The first-order chi connectivity index (χ1) is 13.1. The molecule has 8 nitrogen and oxygen atoms in total. The lowest BCUT2D eigenvalue weighted by molar-refractivity contribution is 0.102. The van der Waals surface area contributed by atoms with E-state index in [2.05, 4.69) is 27.5 Å². The topological polar surface area (TPSA) is 95.1 Å². The van der Waals surface area contributed by atoms with Gasteiger partial charge in [0.05, 0.1) is 12.3 Å². The van der Waals surface area contributed by atoms with Crippen LogP contribution in [0.3, 0.4) is 0 Å². The summed E-state index contributed by atoms with van der Waals surface area (Å²) < 4.78 is 12.9. The largest absolute Gasteiger partial charge is 0.494 e. The lowest BCUT2D eigenvalue weighted by Crippen LogP contribution is -2.12. The van der Waals surface area contributed by atoms with Gasteiger partial charge in [0.2, 0.25) is 0 Å². The van der Waals surface area contributed by atoms with E-state index in [1.807, 2.05) is 19.1 Å². The van der Waals surface area contributed by atoms with E-state index in [4.69, 9.17) is 9.15 Å². The molecule has 0 saturated heterocycles. The van der Waals surface area contributed by atoms with Crippen LogP contribution >= 0.6 is 0 Å². The lowest BCUT2D eigenvalue weighted by Gasteiger charge is -2.07. The van der Waals surface area contributed by atoms with Gasteiger partial charge in [-0.3, -0.25) is 14.8 Å². The average Bonchev–Trinajstić information content (AvgIpc) is 3.24. The standard InChI is InChI=1S/C19H23N5O3/c1-4-5-6-10-26-15-9-7-8-14(12-15)17(25)20-19-22-21-18(27-19)16-11-13(2)23-24(16)3/h7-9,11-12H,4-6,10H2,1-3H3,(H,20,22,25). The lowest BCUT2D eigenvalue weighted by atomic mass is 10.2. The van der Waals surface area contributed by atoms with Crippen LogP contribution < -0.4 is 10.1 Å². The molecule has 0 bridgehead atoms. The zero-order valence-electron chi connectivity index (χ0n) is 15.7. The van der Waals surface area contributed by atoms with Gasteiger partial charge in [-0.2, -0.15) is 5.10 Å². The first kappa shape index (κ1) is 18.6. The number of ether oxygens (including phenoxy) is 1. The van der Waals surface area contributed by atoms with E-state index in [0.717, 1.165) is 25.0 Å². The Labute approximate surface area is 157 Å². The van der Waals surface area contributed by atoms with Crippen molar-refractivity contribution in [2.24, 2.45) is 7.05 Å². The van der Waals surface area contributed by atoms with Gasteiger partial charge in [0.25, 0.3) is 11.8 Å². The summed E-state index contributed by atoms with van der Waals surface area (Å²) >= 11 is 0. The second-order valence-corrected chi connectivity index (χ2v) is 6.24. The van der Waals surface area contributed by atoms with Crippen LogP contribution in [0.1, 0.15) is 42.2 Å². The van der Waals surface area contributed by atoms with Crippen molar-refractivity contribution in [3.05, 3.63) is 41.6 Å². The molecular formula is C19H23N5O3. The van der Waals surface area contributed by atoms with Crippen LogP contribution in [-0.4, -0.2) is 32.5 Å². The molecule has 0 fully saturated rings. The number of rotatable bonds is 8. The van der Waals surface area contributed by atoms with E-state index < -0.39 is 0 Å². The van der Waals surface area contributed by atoms with Gasteiger partial charge in [0.15, 0.2) is 0 Å². The Morgan fingerprint density at radius 1 is 1.26 bits per heavy atom. The van der Waals surface area contributed by atoms with Crippen molar-refractivity contribution in [3.8, 4) is 17.3 Å². The fourth-order valence-electron chi connectivity index (χ4n) is 2.63. The molecular weight excluding hydrogens is 346 g/mol. The summed E-state index contributed by atoms with van der Waals surface area (Å²) in [5, 5.41) is 14.7. The Morgan fingerprint density at radius 3 is 2.85 bits per heavy atom. The van der Waals surface area contributed by atoms with E-state index >= 15 is 0 Å². The Kier molecular flexibility index (Phi) is 5.85. The van der Waals surface area contributed by atoms with Crippen molar-refractivity contribution in [3.63, 3.8) is 0 Å². The number of nitrogens with zero attached hydrogens (tertiary/aromatic N) is 4. The maximum Gasteiger partial charge on any atom is 0.322 e. The van der Waals surface area contributed by atoms with Crippen LogP contribution in [0.15, 0.2) is 34.7 Å². The Bertz CT molecular complexity index is 916. The maximum atomic E-state index is 12.4. The SMILES string of the molecule is CCCCCOc1cccc(C(=O)Nc2nnc(-c3cc(C)nn3C)o2)c1. The van der Waals surface area contributed by atoms with Crippen molar-refractivity contribution in [1.82, 2.24) is 20.0 Å². The highest BCUT2D eigenvalue weighted by Gasteiger charge is 2.16. The van der Waals surface area contributed by atoms with Crippen LogP contribution in [0.5, 0.6) is 5.75 Å². The van der Waals surface area contributed by atoms with Crippen molar-refractivity contribution < 1.29 is 13.9 Å². The molecule has 0 spiro atoms. The quantitative estimate of drug-likeness (QED) is 0.610. The summed E-state index contributed by atoms with van der Waals surface area (Å²) in [4.78, 5) is 12.4. The molecule has 0 saturated carbocycles. The van der Waals surface area contributed by atoms with Crippen LogP contribution in [0.2, 0.25) is 0 Å². The first-order valence-electron chi connectivity index (χ1n) is 8.95. The predicted molar refractivity (Wildman–Crippen MR) is 101 cm³/mol. The minimum Gasteiger partial charge on any atom is -0.494 e. The molecule has 27 heavy (non-hydrogen) atoms. The molecule has 3 aromatic rings. The molecule has 0 unspecified atom stereocenters. The molecule has 8 heteroatoms. The minimum absolute atomic E-state index is 0.0307. The molecule has 1 amide bonds. The van der Waals surface area contributed by atoms with Gasteiger partial charge in [-0.05, 0) is 37.6 Å². The Morgan fingerprint density at radius 2 is 2.11 bits per heavy atom. The molecule has 3 rings (SSSR count). The average molecular weight is 369 g/mol. The highest BCUT2D eigenvalue weighted by molar-refractivity contribution is 6.03. The number of hydrogen-bond donors (Lipinski definition) is 1. The zero-order valence-corrected chi connectivity index (χ0v) is 15.7. The van der Waals surface area contributed by atoms with Gasteiger partial charge < -0.3 is 9.15 Å². The summed E-state index contributed by atoms with van der Waals surface area (Å²) in [7, 11) is 1.79. The number of anilines is 1. The zero-order chi connectivity index (χ0) is 19.2. The van der Waals surface area contributed by atoms with Gasteiger partial charge in [0.1, 0.15) is 11.4 Å². The number of amides is 1. The van der Waals surface area contributed by atoms with Crippen molar-refractivity contribution in [1.29, 1.82) is 0 Å². The van der Waals surface area contributed by atoms with E-state index in [1.165, 1.54) is 0 Å². The minimum atomic E-state index is -0.342. The van der Waals surface area contributed by atoms with Crippen molar-refractivity contribution >= 4 is 11.9 Å². The molecule has 2 aromatic heterocycles. The molecule has 2 heterocycles. The summed E-state index contributed by atoms with van der Waals surface area (Å²) in [6, 6.07) is 8.88. The maximum absolute atomic E-state index is 12.4. The fraction of sp³-hybridized carbons (Fsp3) is 0.368. The van der Waals surface area contributed by atoms with E-state index in [-0.39, 0.29) is 11.9 Å². The third-order valence-electron chi connectivity index (χ3n) is 3.98. The second kappa shape index (κ2) is 8.48. The number of hydrogen-bond acceptors (Lipinski definition) is 6. The summed E-state index contributed by atoms with van der Waals surface area (Å²) in [5.74, 6) is 0.613. The highest BCUT2D eigenvalue weighted by Crippen LogP contribution is 2.21. The molecule has 1 aromatic carbocycles. The predicted octanol–water partition coefficient (Wildman–Crippen LogP) is 3.60. The number of carbonyl (C=O) groups is 1.